The van der Waals surface area contributed by atoms with Gasteiger partial charge in [-0.2, -0.15) is 5.10 Å². The molecule has 0 amide bonds. The molecule has 0 aliphatic rings. The molecule has 1 aromatic carbocycles. The Balaban J connectivity index is 2.07. The zero-order valence-corrected chi connectivity index (χ0v) is 10.5. The van der Waals surface area contributed by atoms with Gasteiger partial charge in [-0.3, -0.25) is 0 Å². The maximum atomic E-state index is 5.92. The number of rotatable bonds is 5. The molecule has 0 radical (unpaired) electrons. The molecule has 1 heterocycles. The van der Waals surface area contributed by atoms with Crippen LogP contribution in [0.4, 0.5) is 5.82 Å². The summed E-state index contributed by atoms with van der Waals surface area (Å²) in [5.41, 5.74) is 0.862. The zero-order chi connectivity index (χ0) is 12.1. The summed E-state index contributed by atoms with van der Waals surface area (Å²) in [5.74, 6) is 0.790. The molecule has 0 saturated heterocycles. The first kappa shape index (κ1) is 11.9. The molecule has 90 valence electrons. The van der Waals surface area contributed by atoms with Crippen LogP contribution in [0, 0.1) is 0 Å². The summed E-state index contributed by atoms with van der Waals surface area (Å²) in [7, 11) is 0. The van der Waals surface area contributed by atoms with Gasteiger partial charge in [0.1, 0.15) is 0 Å². The minimum atomic E-state index is 0.681. The van der Waals surface area contributed by atoms with E-state index in [4.69, 9.17) is 11.6 Å². The minimum Gasteiger partial charge on any atom is -0.367 e. The second kappa shape index (κ2) is 5.68. The van der Waals surface area contributed by atoms with Crippen molar-refractivity contribution >= 4 is 17.4 Å². The molecule has 2 aromatic rings. The monoisotopic (exact) mass is 250 g/mol. The maximum absolute atomic E-state index is 5.92. The van der Waals surface area contributed by atoms with Crippen molar-refractivity contribution < 1.29 is 0 Å². The van der Waals surface area contributed by atoms with Crippen LogP contribution in [0.25, 0.3) is 5.69 Å². The first-order valence-corrected chi connectivity index (χ1v) is 6.09. The largest absolute Gasteiger partial charge is 0.367 e. The number of nitrogens with zero attached hydrogens (tertiary/aromatic N) is 3. The van der Waals surface area contributed by atoms with Gasteiger partial charge in [-0.15, -0.1) is 9.90 Å². The second-order valence-corrected chi connectivity index (χ2v) is 4.22. The summed E-state index contributed by atoms with van der Waals surface area (Å²) in [6.45, 7) is 3.08. The second-order valence-electron chi connectivity index (χ2n) is 3.78. The zero-order valence-electron chi connectivity index (χ0n) is 9.73. The smallest absolute Gasteiger partial charge is 0.169 e. The summed E-state index contributed by atoms with van der Waals surface area (Å²) >= 11 is 5.92. The lowest BCUT2D eigenvalue weighted by Crippen LogP contribution is -2.03. The molecule has 5 heteroatoms. The van der Waals surface area contributed by atoms with Gasteiger partial charge in [0.15, 0.2) is 5.82 Å². The molecule has 0 unspecified atom stereocenters. The fraction of sp³-hybridized carbons (Fsp3) is 0.333. The molecule has 1 aromatic heterocycles. The highest BCUT2D eigenvalue weighted by atomic mass is 35.5. The third-order valence-electron chi connectivity index (χ3n) is 2.37. The van der Waals surface area contributed by atoms with Crippen LogP contribution in [0.3, 0.4) is 0 Å². The molecule has 0 saturated carbocycles. The third-order valence-corrected chi connectivity index (χ3v) is 2.60. The van der Waals surface area contributed by atoms with Crippen molar-refractivity contribution in [1.82, 2.24) is 15.0 Å². The van der Waals surface area contributed by atoms with Gasteiger partial charge in [0.2, 0.25) is 0 Å². The van der Waals surface area contributed by atoms with Gasteiger partial charge in [0.05, 0.1) is 11.9 Å². The molecular formula is C12H15ClN4. The lowest BCUT2D eigenvalue weighted by atomic mass is 10.3. The Bertz CT molecular complexity index is 481. The van der Waals surface area contributed by atoms with Crippen LogP contribution in [0.1, 0.15) is 19.8 Å². The van der Waals surface area contributed by atoms with Crippen LogP contribution in [0.15, 0.2) is 30.5 Å². The van der Waals surface area contributed by atoms with Gasteiger partial charge < -0.3 is 5.32 Å². The summed E-state index contributed by atoms with van der Waals surface area (Å²) < 4.78 is 0. The average molecular weight is 251 g/mol. The quantitative estimate of drug-likeness (QED) is 0.829. The minimum absolute atomic E-state index is 0.681. The Morgan fingerprint density at radius 1 is 1.41 bits per heavy atom. The molecule has 0 atom stereocenters. The van der Waals surface area contributed by atoms with E-state index in [9.17, 15) is 0 Å². The Kier molecular flexibility index (Phi) is 3.98. The summed E-state index contributed by atoms with van der Waals surface area (Å²) in [4.78, 5) is 1.57. The van der Waals surface area contributed by atoms with Crippen molar-refractivity contribution in [3.05, 3.63) is 35.5 Å². The van der Waals surface area contributed by atoms with E-state index in [0.29, 0.717) is 5.02 Å². The van der Waals surface area contributed by atoms with Crippen LogP contribution in [-0.2, 0) is 0 Å². The summed E-state index contributed by atoms with van der Waals surface area (Å²) in [5, 5.41) is 12.4. The van der Waals surface area contributed by atoms with Crippen molar-refractivity contribution in [3.8, 4) is 5.69 Å². The molecule has 0 aliphatic heterocycles. The Hall–Kier alpha value is -1.55. The fourth-order valence-corrected chi connectivity index (χ4v) is 1.65. The summed E-state index contributed by atoms with van der Waals surface area (Å²) in [6.07, 6.45) is 4.01. The van der Waals surface area contributed by atoms with E-state index >= 15 is 0 Å². The van der Waals surface area contributed by atoms with Crippen molar-refractivity contribution in [3.63, 3.8) is 0 Å². The van der Waals surface area contributed by atoms with Crippen molar-refractivity contribution in [2.24, 2.45) is 0 Å². The molecule has 0 spiro atoms. The van der Waals surface area contributed by atoms with E-state index in [1.54, 1.807) is 11.0 Å². The van der Waals surface area contributed by atoms with Gasteiger partial charge in [0.25, 0.3) is 0 Å². The summed E-state index contributed by atoms with van der Waals surface area (Å²) in [6, 6.07) is 7.46. The van der Waals surface area contributed by atoms with E-state index in [0.717, 1.165) is 30.9 Å². The van der Waals surface area contributed by atoms with Gasteiger partial charge in [-0.05, 0) is 24.6 Å². The maximum Gasteiger partial charge on any atom is 0.169 e. The number of unbranched alkanes of at least 4 members (excludes halogenated alkanes) is 1. The van der Waals surface area contributed by atoms with E-state index in [2.05, 4.69) is 22.4 Å². The van der Waals surface area contributed by atoms with E-state index in [1.165, 1.54) is 0 Å². The van der Waals surface area contributed by atoms with Gasteiger partial charge in [-0.25, -0.2) is 0 Å². The van der Waals surface area contributed by atoms with Crippen LogP contribution in [0.5, 0.6) is 0 Å². The van der Waals surface area contributed by atoms with Crippen molar-refractivity contribution in [2.45, 2.75) is 19.8 Å². The predicted octanol–water partition coefficient (Wildman–Crippen LogP) is 3.13. The van der Waals surface area contributed by atoms with Gasteiger partial charge in [-0.1, -0.05) is 31.0 Å². The lowest BCUT2D eigenvalue weighted by Gasteiger charge is -2.00. The number of aromatic nitrogens is 3. The molecular weight excluding hydrogens is 236 g/mol. The molecule has 0 aliphatic carbocycles. The highest BCUT2D eigenvalue weighted by Gasteiger charge is 2.02. The Morgan fingerprint density at radius 2 is 2.29 bits per heavy atom. The highest BCUT2D eigenvalue weighted by molar-refractivity contribution is 6.30. The van der Waals surface area contributed by atoms with E-state index in [-0.39, 0.29) is 0 Å². The average Bonchev–Trinajstić information content (AvgIpc) is 2.78. The fourth-order valence-electron chi connectivity index (χ4n) is 1.46. The first-order chi connectivity index (χ1) is 8.29. The molecule has 0 bridgehead atoms. The van der Waals surface area contributed by atoms with Crippen LogP contribution in [-0.4, -0.2) is 21.5 Å². The topological polar surface area (TPSA) is 42.7 Å². The number of halogens is 1. The molecule has 17 heavy (non-hydrogen) atoms. The van der Waals surface area contributed by atoms with Crippen LogP contribution >= 0.6 is 11.6 Å². The Morgan fingerprint density at radius 3 is 3.06 bits per heavy atom. The first-order valence-electron chi connectivity index (χ1n) is 5.72. The lowest BCUT2D eigenvalue weighted by molar-refractivity contribution is 0.750. The number of hydrogen-bond donors (Lipinski definition) is 1. The number of anilines is 1. The highest BCUT2D eigenvalue weighted by Crippen LogP contribution is 2.14. The molecule has 1 N–H and O–H groups in total. The van der Waals surface area contributed by atoms with Crippen molar-refractivity contribution in [2.75, 3.05) is 11.9 Å². The SMILES string of the molecule is CCCCNc1cnn(-c2cccc(Cl)c2)n1. The number of benzene rings is 1. The van der Waals surface area contributed by atoms with Crippen molar-refractivity contribution in [1.29, 1.82) is 0 Å². The number of hydrogen-bond acceptors (Lipinski definition) is 3. The van der Waals surface area contributed by atoms with Crippen LogP contribution in [0.2, 0.25) is 5.02 Å². The molecule has 0 fully saturated rings. The Labute approximate surface area is 106 Å². The van der Waals surface area contributed by atoms with Crippen LogP contribution < -0.4 is 5.32 Å². The molecule has 2 rings (SSSR count). The third kappa shape index (κ3) is 3.20. The van der Waals surface area contributed by atoms with Gasteiger partial charge in [0, 0.05) is 11.6 Å². The van der Waals surface area contributed by atoms with E-state index in [1.807, 2.05) is 24.3 Å². The standard InChI is InChI=1S/C12H15ClN4/c1-2-3-7-14-12-9-15-17(16-12)11-6-4-5-10(13)8-11/h4-6,8-9H,2-3,7H2,1H3,(H,14,16). The predicted molar refractivity (Wildman–Crippen MR) is 69.8 cm³/mol. The normalized spacial score (nSPS) is 10.5. The molecule has 4 nitrogen and oxygen atoms in total. The van der Waals surface area contributed by atoms with E-state index < -0.39 is 0 Å². The number of nitrogens with one attached hydrogen (secondary N) is 1. The van der Waals surface area contributed by atoms with Gasteiger partial charge >= 0.3 is 0 Å².